The number of hydrogen-bond donors (Lipinski definition) is 0. The second-order valence-corrected chi connectivity index (χ2v) is 3.90. The summed E-state index contributed by atoms with van der Waals surface area (Å²) in [7, 11) is 0. The molecule has 0 saturated carbocycles. The van der Waals surface area contributed by atoms with Gasteiger partial charge in [0.2, 0.25) is 0 Å². The first-order valence-electron chi connectivity index (χ1n) is 6.78. The molecule has 0 aliphatic rings. The monoisotopic (exact) mass is 263 g/mol. The Morgan fingerprint density at radius 1 is 0.944 bits per heavy atom. The van der Waals surface area contributed by atoms with E-state index in [2.05, 4.69) is 32.4 Å². The Morgan fingerprint density at radius 2 is 1.39 bits per heavy atom. The van der Waals surface area contributed by atoms with E-state index in [4.69, 9.17) is 4.74 Å². The van der Waals surface area contributed by atoms with Crippen LogP contribution in [0.25, 0.3) is 0 Å². The number of hydrogen-bond acceptors (Lipinski definition) is 4. The van der Waals surface area contributed by atoms with Crippen LogP contribution in [0.3, 0.4) is 0 Å². The molecule has 0 aromatic rings. The number of carbonyl (C=O) groups is 1. The maximum absolute atomic E-state index is 9.57. The van der Waals surface area contributed by atoms with Gasteiger partial charge in [-0.15, -0.1) is 0 Å². The summed E-state index contributed by atoms with van der Waals surface area (Å²) < 4.78 is 10.1. The highest BCUT2D eigenvalue weighted by Gasteiger charge is 2.16. The highest BCUT2D eigenvalue weighted by Crippen LogP contribution is 2.03. The minimum Gasteiger partial charge on any atom is -0.547 e. The molecule has 0 aliphatic carbocycles. The molecule has 0 aromatic heterocycles. The molecule has 0 fully saturated rings. The largest absolute Gasteiger partial charge is 0.547 e. The average molecular weight is 263 g/mol. The Balaban J connectivity index is 0. The molecule has 0 N–H and O–H groups in total. The lowest BCUT2D eigenvalue weighted by atomic mass is 10.3. The zero-order chi connectivity index (χ0) is 14.4. The molecule has 0 rings (SSSR count). The molecule has 0 amide bonds. The summed E-state index contributed by atoms with van der Waals surface area (Å²) in [4.78, 5) is 9.57. The van der Waals surface area contributed by atoms with Gasteiger partial charge in [0.25, 0.3) is 6.16 Å². The average Bonchev–Trinajstić information content (AvgIpc) is 2.39. The lowest BCUT2D eigenvalue weighted by Gasteiger charge is -2.34. The number of carboxylic acid groups (broad SMARTS) is 1. The Morgan fingerprint density at radius 3 is 1.61 bits per heavy atom. The number of rotatable bonds is 8. The van der Waals surface area contributed by atoms with Crippen LogP contribution in [0, 0.1) is 0 Å². The van der Waals surface area contributed by atoms with Crippen molar-refractivity contribution in [2.45, 2.75) is 34.6 Å². The molecule has 0 saturated heterocycles. The SMILES string of the molecule is CCOCCOC(=O)[O-].CC[N+](CC)(CC)CC. The van der Waals surface area contributed by atoms with Gasteiger partial charge in [-0.1, -0.05) is 0 Å². The van der Waals surface area contributed by atoms with E-state index in [9.17, 15) is 9.90 Å². The molecular weight excluding hydrogens is 234 g/mol. The van der Waals surface area contributed by atoms with Crippen molar-refractivity contribution in [1.82, 2.24) is 0 Å². The molecule has 0 bridgehead atoms. The fourth-order valence-corrected chi connectivity index (χ4v) is 1.67. The maximum Gasteiger partial charge on any atom is 0.252 e. The Labute approximate surface area is 111 Å². The predicted molar refractivity (Wildman–Crippen MR) is 70.3 cm³/mol. The van der Waals surface area contributed by atoms with Crippen molar-refractivity contribution in [1.29, 1.82) is 0 Å². The first-order valence-corrected chi connectivity index (χ1v) is 6.78. The van der Waals surface area contributed by atoms with Gasteiger partial charge in [-0.25, -0.2) is 0 Å². The molecule has 0 atom stereocenters. The summed E-state index contributed by atoms with van der Waals surface area (Å²) in [5.74, 6) is 0. The second kappa shape index (κ2) is 12.6. The third-order valence-electron chi connectivity index (χ3n) is 3.33. The van der Waals surface area contributed by atoms with Crippen LogP contribution in [0.2, 0.25) is 0 Å². The van der Waals surface area contributed by atoms with E-state index in [1.165, 1.54) is 30.7 Å². The van der Waals surface area contributed by atoms with Gasteiger partial charge in [0.05, 0.1) is 39.4 Å². The summed E-state index contributed by atoms with van der Waals surface area (Å²) >= 11 is 0. The summed E-state index contributed by atoms with van der Waals surface area (Å²) in [5.41, 5.74) is 0. The van der Waals surface area contributed by atoms with Gasteiger partial charge in [-0.05, 0) is 34.6 Å². The molecule has 5 heteroatoms. The summed E-state index contributed by atoms with van der Waals surface area (Å²) in [6, 6.07) is 0. The molecule has 0 heterocycles. The van der Waals surface area contributed by atoms with E-state index in [0.717, 1.165) is 0 Å². The van der Waals surface area contributed by atoms with Crippen molar-refractivity contribution < 1.29 is 23.9 Å². The van der Waals surface area contributed by atoms with Crippen molar-refractivity contribution in [3.8, 4) is 0 Å². The molecule has 5 nitrogen and oxygen atoms in total. The first kappa shape index (κ1) is 19.5. The second-order valence-electron chi connectivity index (χ2n) is 3.90. The first-order chi connectivity index (χ1) is 8.51. The molecule has 0 spiro atoms. The quantitative estimate of drug-likeness (QED) is 0.376. The molecule has 0 radical (unpaired) electrons. The van der Waals surface area contributed by atoms with Crippen LogP contribution < -0.4 is 5.11 Å². The van der Waals surface area contributed by atoms with Crippen molar-refractivity contribution in [3.05, 3.63) is 0 Å². The minimum absolute atomic E-state index is 0.0518. The maximum atomic E-state index is 9.57. The van der Waals surface area contributed by atoms with E-state index in [1.54, 1.807) is 0 Å². The Bertz CT molecular complexity index is 176. The topological polar surface area (TPSA) is 58.6 Å². The van der Waals surface area contributed by atoms with E-state index in [1.807, 2.05) is 6.92 Å². The van der Waals surface area contributed by atoms with E-state index in [0.29, 0.717) is 13.2 Å². The van der Waals surface area contributed by atoms with Crippen LogP contribution in [-0.2, 0) is 9.47 Å². The van der Waals surface area contributed by atoms with E-state index in [-0.39, 0.29) is 6.61 Å². The van der Waals surface area contributed by atoms with Gasteiger partial charge in [0, 0.05) is 6.61 Å². The van der Waals surface area contributed by atoms with Crippen molar-refractivity contribution in [3.63, 3.8) is 0 Å². The molecule has 0 unspecified atom stereocenters. The molecular formula is C13H29NO4. The number of ether oxygens (including phenoxy) is 2. The summed E-state index contributed by atoms with van der Waals surface area (Å²) in [6.07, 6.45) is -1.50. The van der Waals surface area contributed by atoms with Crippen LogP contribution in [0.1, 0.15) is 34.6 Å². The van der Waals surface area contributed by atoms with Gasteiger partial charge in [-0.2, -0.15) is 0 Å². The number of carbonyl (C=O) groups excluding carboxylic acids is 1. The van der Waals surface area contributed by atoms with Crippen molar-refractivity contribution in [2.75, 3.05) is 46.0 Å². The fraction of sp³-hybridized carbons (Fsp3) is 0.923. The highest BCUT2D eigenvalue weighted by atomic mass is 16.7. The smallest absolute Gasteiger partial charge is 0.252 e. The highest BCUT2D eigenvalue weighted by molar-refractivity contribution is 5.53. The zero-order valence-electron chi connectivity index (χ0n) is 12.5. The van der Waals surface area contributed by atoms with E-state index < -0.39 is 6.16 Å². The van der Waals surface area contributed by atoms with Gasteiger partial charge < -0.3 is 23.9 Å². The van der Waals surface area contributed by atoms with Crippen LogP contribution in [0.5, 0.6) is 0 Å². The van der Waals surface area contributed by atoms with Crippen LogP contribution in [-0.4, -0.2) is 56.6 Å². The van der Waals surface area contributed by atoms with Gasteiger partial charge >= 0.3 is 0 Å². The summed E-state index contributed by atoms with van der Waals surface area (Å²) in [5, 5.41) is 9.57. The van der Waals surface area contributed by atoms with Gasteiger partial charge in [-0.3, -0.25) is 0 Å². The Kier molecular flexibility index (Phi) is 13.7. The van der Waals surface area contributed by atoms with E-state index >= 15 is 0 Å². The van der Waals surface area contributed by atoms with Gasteiger partial charge in [0.1, 0.15) is 0 Å². The lowest BCUT2D eigenvalue weighted by molar-refractivity contribution is -0.921. The van der Waals surface area contributed by atoms with Crippen LogP contribution in [0.4, 0.5) is 4.79 Å². The van der Waals surface area contributed by atoms with Crippen molar-refractivity contribution in [2.24, 2.45) is 0 Å². The van der Waals surface area contributed by atoms with Gasteiger partial charge in [0.15, 0.2) is 0 Å². The van der Waals surface area contributed by atoms with Crippen LogP contribution >= 0.6 is 0 Å². The molecule has 110 valence electrons. The fourth-order valence-electron chi connectivity index (χ4n) is 1.67. The number of quaternary nitrogens is 1. The third-order valence-corrected chi connectivity index (χ3v) is 3.33. The minimum atomic E-state index is -1.50. The molecule has 0 aliphatic heterocycles. The molecule has 0 aromatic carbocycles. The van der Waals surface area contributed by atoms with Crippen LogP contribution in [0.15, 0.2) is 0 Å². The zero-order valence-corrected chi connectivity index (χ0v) is 12.5. The Hall–Kier alpha value is -0.810. The lowest BCUT2D eigenvalue weighted by Crippen LogP contribution is -2.47. The predicted octanol–water partition coefficient (Wildman–Crippen LogP) is 1.27. The summed E-state index contributed by atoms with van der Waals surface area (Å²) in [6.45, 7) is 17.0. The molecule has 18 heavy (non-hydrogen) atoms. The van der Waals surface area contributed by atoms with Crippen molar-refractivity contribution >= 4 is 6.16 Å². The third kappa shape index (κ3) is 10.4. The standard InChI is InChI=1S/C8H20N.C5H10O4/c1-5-9(6-2,7-3)8-4;1-2-8-3-4-9-5(6)7/h5-8H2,1-4H3;2-4H2,1H3,(H,6,7)/q+1;/p-1. The normalized spacial score (nSPS) is 10.5. The number of nitrogens with zero attached hydrogens (tertiary/aromatic N) is 1.